The van der Waals surface area contributed by atoms with Gasteiger partial charge in [-0.25, -0.2) is 10.0 Å². The van der Waals surface area contributed by atoms with E-state index in [1.807, 2.05) is 111 Å². The maximum absolute atomic E-state index is 13.6. The van der Waals surface area contributed by atoms with Gasteiger partial charge in [0.05, 0.1) is 43.8 Å². The van der Waals surface area contributed by atoms with Gasteiger partial charge in [0.15, 0.2) is 8.38 Å². The lowest BCUT2D eigenvalue weighted by Crippen LogP contribution is -2.48. The first-order chi connectivity index (χ1) is 29.8. The molecule has 2 atom stereocenters. The highest BCUT2D eigenvalue weighted by Gasteiger charge is 2.32. The van der Waals surface area contributed by atoms with Crippen LogP contribution < -0.4 is 16.0 Å². The van der Waals surface area contributed by atoms with Crippen molar-refractivity contribution in [1.82, 2.24) is 26.0 Å². The number of hydrogen-bond donors (Lipinski definition) is 3. The standard InChI is InChI=1S/C48H56N5O7P/c1-4-6-10-24-42(45(5-2)53(35-54)58-30-37-18-11-7-12-19-37)47(56)49-33-50-48(57)44-26-17-25-43(52-44)40-27-28-41(36(3)29-40)46(55)51-34-61(59-31-38-20-13-8-14-21-38)60-32-39-22-15-9-16-23-39/h7-9,11-23,25-29,35,42,45H,4-6,10,24,30-34H2,1-3H3,(H,49,56)(H,50,57)(H,51,55). The molecule has 4 aromatic carbocycles. The van der Waals surface area contributed by atoms with Crippen LogP contribution in [-0.2, 0) is 43.3 Å². The lowest BCUT2D eigenvalue weighted by atomic mass is 9.90. The number of hydroxylamine groups is 2. The third kappa shape index (κ3) is 14.7. The molecule has 0 aliphatic heterocycles. The minimum absolute atomic E-state index is 0.129. The summed E-state index contributed by atoms with van der Waals surface area (Å²) in [7, 11) is -1.45. The van der Waals surface area contributed by atoms with Crippen LogP contribution in [0.15, 0.2) is 127 Å². The minimum atomic E-state index is -1.45. The van der Waals surface area contributed by atoms with Crippen LogP contribution in [-0.4, -0.2) is 53.2 Å². The molecule has 61 heavy (non-hydrogen) atoms. The number of pyridine rings is 1. The summed E-state index contributed by atoms with van der Waals surface area (Å²) in [5.74, 6) is -1.56. The fourth-order valence-electron chi connectivity index (χ4n) is 6.72. The molecule has 1 aromatic heterocycles. The van der Waals surface area contributed by atoms with E-state index in [2.05, 4.69) is 27.9 Å². The van der Waals surface area contributed by atoms with Crippen molar-refractivity contribution < 1.29 is 33.1 Å². The summed E-state index contributed by atoms with van der Waals surface area (Å²) >= 11 is 0. The number of nitrogens with one attached hydrogen (secondary N) is 3. The van der Waals surface area contributed by atoms with E-state index in [-0.39, 0.29) is 37.1 Å². The maximum atomic E-state index is 13.6. The van der Waals surface area contributed by atoms with Crippen molar-refractivity contribution >= 4 is 32.5 Å². The quantitative estimate of drug-likeness (QED) is 0.0174. The van der Waals surface area contributed by atoms with Gasteiger partial charge in [-0.1, -0.05) is 136 Å². The second kappa shape index (κ2) is 25.1. The lowest BCUT2D eigenvalue weighted by Gasteiger charge is -2.32. The first-order valence-electron chi connectivity index (χ1n) is 20.7. The van der Waals surface area contributed by atoms with E-state index in [0.29, 0.717) is 43.7 Å². The van der Waals surface area contributed by atoms with Crippen molar-refractivity contribution in [2.24, 2.45) is 5.92 Å². The number of hydrogen-bond acceptors (Lipinski definition) is 8. The monoisotopic (exact) mass is 845 g/mol. The van der Waals surface area contributed by atoms with E-state index >= 15 is 0 Å². The highest BCUT2D eigenvalue weighted by Crippen LogP contribution is 2.39. The average Bonchev–Trinajstić information content (AvgIpc) is 3.30. The SMILES string of the molecule is CCCCCC(C(=O)NCNC(=O)c1cccc(-c2ccc(C(=O)NCP(OCc3ccccc3)OCc3ccccc3)c(C)c2)n1)C(CC)N(C=O)OCc1ccccc1. The number of carbonyl (C=O) groups excluding carboxylic acids is 4. The Hall–Kier alpha value is -5.78. The highest BCUT2D eigenvalue weighted by molar-refractivity contribution is 7.47. The van der Waals surface area contributed by atoms with Gasteiger partial charge in [0.25, 0.3) is 11.8 Å². The third-order valence-corrected chi connectivity index (χ3v) is 11.3. The summed E-state index contributed by atoms with van der Waals surface area (Å²) in [6, 6.07) is 39.2. The summed E-state index contributed by atoms with van der Waals surface area (Å²) in [4.78, 5) is 63.0. The molecule has 2 unspecified atom stereocenters. The van der Waals surface area contributed by atoms with Crippen molar-refractivity contribution in [1.29, 1.82) is 0 Å². The molecule has 320 valence electrons. The molecule has 0 spiro atoms. The van der Waals surface area contributed by atoms with E-state index in [4.69, 9.17) is 13.9 Å². The largest absolute Gasteiger partial charge is 0.343 e. The molecular formula is C48H56N5O7P. The zero-order valence-corrected chi connectivity index (χ0v) is 36.0. The van der Waals surface area contributed by atoms with Crippen molar-refractivity contribution in [3.63, 3.8) is 0 Å². The van der Waals surface area contributed by atoms with Gasteiger partial charge in [-0.2, -0.15) is 0 Å². The molecular weight excluding hydrogens is 790 g/mol. The predicted molar refractivity (Wildman–Crippen MR) is 237 cm³/mol. The molecule has 0 aliphatic rings. The molecule has 0 fully saturated rings. The second-order valence-corrected chi connectivity index (χ2v) is 16.0. The number of unbranched alkanes of at least 4 members (excludes halogenated alkanes) is 2. The Balaban J connectivity index is 1.16. The van der Waals surface area contributed by atoms with Crippen LogP contribution in [0.5, 0.6) is 0 Å². The number of aromatic nitrogens is 1. The summed E-state index contributed by atoms with van der Waals surface area (Å²) in [6.45, 7) is 6.63. The third-order valence-electron chi connectivity index (χ3n) is 10.1. The molecule has 3 N–H and O–H groups in total. The Morgan fingerprint density at radius 2 is 1.34 bits per heavy atom. The van der Waals surface area contributed by atoms with Crippen LogP contribution in [0.1, 0.15) is 89.1 Å². The van der Waals surface area contributed by atoms with E-state index in [1.165, 1.54) is 5.06 Å². The summed E-state index contributed by atoms with van der Waals surface area (Å²) in [5, 5.41) is 9.84. The Labute approximate surface area is 360 Å². The molecule has 13 heteroatoms. The van der Waals surface area contributed by atoms with E-state index in [0.717, 1.165) is 47.1 Å². The average molecular weight is 846 g/mol. The van der Waals surface area contributed by atoms with Gasteiger partial charge in [0.2, 0.25) is 12.3 Å². The van der Waals surface area contributed by atoms with Crippen molar-refractivity contribution in [2.75, 3.05) is 13.0 Å². The number of amides is 4. The van der Waals surface area contributed by atoms with Crippen molar-refractivity contribution in [2.45, 2.75) is 78.7 Å². The number of aryl methyl sites for hydroxylation is 1. The van der Waals surface area contributed by atoms with Gasteiger partial charge in [-0.3, -0.25) is 24.0 Å². The number of nitrogens with zero attached hydrogens (tertiary/aromatic N) is 2. The summed E-state index contributed by atoms with van der Waals surface area (Å²) < 4.78 is 12.3. The van der Waals surface area contributed by atoms with E-state index in [1.54, 1.807) is 30.3 Å². The Morgan fingerprint density at radius 1 is 0.721 bits per heavy atom. The fraction of sp³-hybridized carbons (Fsp3) is 0.312. The Morgan fingerprint density at radius 3 is 1.92 bits per heavy atom. The van der Waals surface area contributed by atoms with Gasteiger partial charge < -0.3 is 25.0 Å². The minimum Gasteiger partial charge on any atom is -0.343 e. The van der Waals surface area contributed by atoms with Gasteiger partial charge in [-0.05, 0) is 66.3 Å². The highest BCUT2D eigenvalue weighted by atomic mass is 31.2. The normalized spacial score (nSPS) is 12.0. The Kier molecular flexibility index (Phi) is 19.0. The van der Waals surface area contributed by atoms with Crippen LogP contribution >= 0.6 is 8.38 Å². The zero-order valence-electron chi connectivity index (χ0n) is 35.1. The summed E-state index contributed by atoms with van der Waals surface area (Å²) in [5.41, 5.74) is 5.58. The molecule has 0 saturated carbocycles. The summed E-state index contributed by atoms with van der Waals surface area (Å²) in [6.07, 6.45) is 4.62. The van der Waals surface area contributed by atoms with Crippen LogP contribution in [0, 0.1) is 12.8 Å². The van der Waals surface area contributed by atoms with Crippen LogP contribution in [0.3, 0.4) is 0 Å². The molecule has 5 rings (SSSR count). The van der Waals surface area contributed by atoms with Crippen LogP contribution in [0.4, 0.5) is 0 Å². The van der Waals surface area contributed by atoms with Gasteiger partial charge in [0, 0.05) is 11.1 Å². The molecule has 0 aliphatic carbocycles. The van der Waals surface area contributed by atoms with Gasteiger partial charge >= 0.3 is 0 Å². The smallest absolute Gasteiger partial charge is 0.271 e. The Bertz CT molecular complexity index is 2080. The molecule has 0 saturated heterocycles. The zero-order chi connectivity index (χ0) is 43.2. The maximum Gasteiger partial charge on any atom is 0.271 e. The molecule has 1 heterocycles. The lowest BCUT2D eigenvalue weighted by molar-refractivity contribution is -0.200. The first kappa shape index (κ1) is 46.3. The molecule has 0 radical (unpaired) electrons. The van der Waals surface area contributed by atoms with E-state index in [9.17, 15) is 19.2 Å². The first-order valence-corrected chi connectivity index (χ1v) is 22.1. The fourth-order valence-corrected chi connectivity index (χ4v) is 7.83. The van der Waals surface area contributed by atoms with Gasteiger partial charge in [0.1, 0.15) is 12.3 Å². The second-order valence-electron chi connectivity index (χ2n) is 14.5. The van der Waals surface area contributed by atoms with E-state index < -0.39 is 26.2 Å². The molecule has 0 bridgehead atoms. The topological polar surface area (TPSA) is 148 Å². The van der Waals surface area contributed by atoms with Crippen LogP contribution in [0.25, 0.3) is 11.3 Å². The predicted octanol–water partition coefficient (Wildman–Crippen LogP) is 8.86. The van der Waals surface area contributed by atoms with Crippen LogP contribution in [0.2, 0.25) is 0 Å². The number of carbonyl (C=O) groups is 4. The number of rotatable bonds is 25. The molecule has 12 nitrogen and oxygen atoms in total. The van der Waals surface area contributed by atoms with Gasteiger partial charge in [-0.15, -0.1) is 0 Å². The number of benzene rings is 4. The van der Waals surface area contributed by atoms with Crippen molar-refractivity contribution in [3.05, 3.63) is 161 Å². The molecule has 5 aromatic rings. The molecule has 4 amide bonds. The van der Waals surface area contributed by atoms with Crippen molar-refractivity contribution in [3.8, 4) is 11.3 Å².